The Morgan fingerprint density at radius 1 is 1.11 bits per heavy atom. The number of hydrogen-bond donors (Lipinski definition) is 0. The molecule has 1 heterocycles. The molecular formula is C14H16BrNO3. The first-order valence-corrected chi connectivity index (χ1v) is 6.74. The lowest BCUT2D eigenvalue weighted by atomic mass is 10.2. The van der Waals surface area contributed by atoms with E-state index in [-0.39, 0.29) is 6.10 Å². The molecule has 1 aromatic heterocycles. The zero-order valence-electron chi connectivity index (χ0n) is 11.4. The van der Waals surface area contributed by atoms with Crippen LogP contribution in [0.4, 0.5) is 0 Å². The molecule has 5 heteroatoms. The number of halogens is 1. The molecule has 0 saturated carbocycles. The van der Waals surface area contributed by atoms with Crippen molar-refractivity contribution in [3.05, 3.63) is 22.7 Å². The van der Waals surface area contributed by atoms with Crippen molar-refractivity contribution in [3.8, 4) is 17.4 Å². The molecule has 19 heavy (non-hydrogen) atoms. The number of pyridine rings is 1. The molecule has 0 atom stereocenters. The van der Waals surface area contributed by atoms with Gasteiger partial charge in [-0.2, -0.15) is 0 Å². The number of nitrogens with zero attached hydrogens (tertiary/aromatic N) is 1. The molecule has 4 nitrogen and oxygen atoms in total. The van der Waals surface area contributed by atoms with Gasteiger partial charge >= 0.3 is 0 Å². The second-order valence-corrected chi connectivity index (χ2v) is 5.10. The second-order valence-electron chi connectivity index (χ2n) is 4.31. The molecular weight excluding hydrogens is 310 g/mol. The Bertz CT molecular complexity index is 599. The van der Waals surface area contributed by atoms with E-state index in [1.165, 1.54) is 0 Å². The fourth-order valence-corrected chi connectivity index (χ4v) is 2.41. The Labute approximate surface area is 120 Å². The Hall–Kier alpha value is -1.49. The first kappa shape index (κ1) is 13.9. The van der Waals surface area contributed by atoms with E-state index in [0.29, 0.717) is 5.88 Å². The van der Waals surface area contributed by atoms with Crippen LogP contribution in [0.3, 0.4) is 0 Å². The van der Waals surface area contributed by atoms with E-state index >= 15 is 0 Å². The smallest absolute Gasteiger partial charge is 0.217 e. The van der Waals surface area contributed by atoms with Crippen LogP contribution in [0.2, 0.25) is 0 Å². The number of rotatable bonds is 4. The van der Waals surface area contributed by atoms with Gasteiger partial charge in [-0.1, -0.05) is 0 Å². The number of fused-ring (bicyclic) bond motifs is 1. The summed E-state index contributed by atoms with van der Waals surface area (Å²) in [6.45, 7) is 3.91. The maximum absolute atomic E-state index is 5.64. The molecule has 2 rings (SSSR count). The van der Waals surface area contributed by atoms with E-state index in [0.717, 1.165) is 26.9 Å². The van der Waals surface area contributed by atoms with Gasteiger partial charge in [-0.15, -0.1) is 0 Å². The molecule has 0 N–H and O–H groups in total. The Balaban J connectivity index is 2.67. The van der Waals surface area contributed by atoms with Crippen molar-refractivity contribution in [1.29, 1.82) is 0 Å². The third kappa shape index (κ3) is 2.76. The van der Waals surface area contributed by atoms with Gasteiger partial charge in [-0.05, 0) is 41.9 Å². The van der Waals surface area contributed by atoms with Crippen molar-refractivity contribution in [1.82, 2.24) is 4.98 Å². The van der Waals surface area contributed by atoms with Gasteiger partial charge in [0.1, 0.15) is 11.5 Å². The summed E-state index contributed by atoms with van der Waals surface area (Å²) in [4.78, 5) is 4.50. The minimum Gasteiger partial charge on any atom is -0.496 e. The Morgan fingerprint density at radius 2 is 1.79 bits per heavy atom. The second kappa shape index (κ2) is 5.65. The van der Waals surface area contributed by atoms with Gasteiger partial charge < -0.3 is 14.2 Å². The molecule has 102 valence electrons. The molecule has 0 spiro atoms. The lowest BCUT2D eigenvalue weighted by Gasteiger charge is -2.13. The summed E-state index contributed by atoms with van der Waals surface area (Å²) in [6, 6.07) is 5.59. The summed E-state index contributed by atoms with van der Waals surface area (Å²) in [6.07, 6.45) is 0.0547. The highest BCUT2D eigenvalue weighted by Crippen LogP contribution is 2.37. The highest BCUT2D eigenvalue weighted by Gasteiger charge is 2.13. The Kier molecular flexibility index (Phi) is 4.14. The summed E-state index contributed by atoms with van der Waals surface area (Å²) in [7, 11) is 3.25. The van der Waals surface area contributed by atoms with Gasteiger partial charge in [-0.3, -0.25) is 0 Å². The van der Waals surface area contributed by atoms with Crippen molar-refractivity contribution in [3.63, 3.8) is 0 Å². The van der Waals surface area contributed by atoms with Crippen LogP contribution < -0.4 is 14.2 Å². The van der Waals surface area contributed by atoms with E-state index in [2.05, 4.69) is 20.9 Å². The third-order valence-corrected chi connectivity index (χ3v) is 3.39. The molecule has 0 aliphatic rings. The fraction of sp³-hybridized carbons (Fsp3) is 0.357. The van der Waals surface area contributed by atoms with Gasteiger partial charge in [-0.25, -0.2) is 4.98 Å². The van der Waals surface area contributed by atoms with E-state index in [4.69, 9.17) is 14.2 Å². The van der Waals surface area contributed by atoms with Crippen LogP contribution >= 0.6 is 15.9 Å². The third-order valence-electron chi connectivity index (χ3n) is 2.62. The van der Waals surface area contributed by atoms with E-state index in [1.54, 1.807) is 20.3 Å². The zero-order chi connectivity index (χ0) is 14.0. The van der Waals surface area contributed by atoms with Crippen LogP contribution in [-0.2, 0) is 0 Å². The highest BCUT2D eigenvalue weighted by atomic mass is 79.9. The molecule has 2 aromatic rings. The topological polar surface area (TPSA) is 40.6 Å². The fourth-order valence-electron chi connectivity index (χ4n) is 1.81. The van der Waals surface area contributed by atoms with Crippen molar-refractivity contribution in [2.75, 3.05) is 14.2 Å². The zero-order valence-corrected chi connectivity index (χ0v) is 12.9. The first-order valence-electron chi connectivity index (χ1n) is 5.94. The summed E-state index contributed by atoms with van der Waals surface area (Å²) in [5, 5.41) is 0.909. The van der Waals surface area contributed by atoms with E-state index in [9.17, 15) is 0 Å². The maximum Gasteiger partial charge on any atom is 0.217 e. The average Bonchev–Trinajstić information content (AvgIpc) is 2.38. The van der Waals surface area contributed by atoms with Crippen molar-refractivity contribution in [2.24, 2.45) is 0 Å². The van der Waals surface area contributed by atoms with Crippen LogP contribution in [0.1, 0.15) is 13.8 Å². The van der Waals surface area contributed by atoms with Gasteiger partial charge in [0, 0.05) is 11.5 Å². The number of hydrogen-bond acceptors (Lipinski definition) is 4. The van der Waals surface area contributed by atoms with E-state index < -0.39 is 0 Å². The SMILES string of the molecule is COc1ccc2c(OC)cc(OC(C)C)nc2c1Br. The van der Waals surface area contributed by atoms with E-state index in [1.807, 2.05) is 26.0 Å². The highest BCUT2D eigenvalue weighted by molar-refractivity contribution is 9.10. The van der Waals surface area contributed by atoms with Gasteiger partial charge in [0.2, 0.25) is 5.88 Å². The first-order chi connectivity index (χ1) is 9.06. The molecule has 0 radical (unpaired) electrons. The predicted molar refractivity (Wildman–Crippen MR) is 78.3 cm³/mol. The number of benzene rings is 1. The molecule has 0 unspecified atom stereocenters. The summed E-state index contributed by atoms with van der Waals surface area (Å²) >= 11 is 3.51. The van der Waals surface area contributed by atoms with Gasteiger partial charge in [0.15, 0.2) is 0 Å². The molecule has 0 saturated heterocycles. The minimum atomic E-state index is 0.0547. The van der Waals surface area contributed by atoms with Crippen molar-refractivity contribution >= 4 is 26.8 Å². The molecule has 0 amide bonds. The monoisotopic (exact) mass is 325 g/mol. The number of methoxy groups -OCH3 is 2. The van der Waals surface area contributed by atoms with Crippen LogP contribution in [-0.4, -0.2) is 25.3 Å². The molecule has 1 aromatic carbocycles. The maximum atomic E-state index is 5.64. The summed E-state index contributed by atoms with van der Waals surface area (Å²) in [5.41, 5.74) is 0.759. The molecule has 0 aliphatic heterocycles. The normalized spacial score (nSPS) is 10.8. The lowest BCUT2D eigenvalue weighted by molar-refractivity contribution is 0.232. The van der Waals surface area contributed by atoms with Crippen LogP contribution in [0, 0.1) is 0 Å². The molecule has 0 fully saturated rings. The largest absolute Gasteiger partial charge is 0.496 e. The van der Waals surface area contributed by atoms with Crippen molar-refractivity contribution < 1.29 is 14.2 Å². The van der Waals surface area contributed by atoms with Crippen LogP contribution in [0.15, 0.2) is 22.7 Å². The van der Waals surface area contributed by atoms with Crippen LogP contribution in [0.25, 0.3) is 10.9 Å². The predicted octanol–water partition coefficient (Wildman–Crippen LogP) is 3.80. The summed E-state index contributed by atoms with van der Waals surface area (Å²) in [5.74, 6) is 1.99. The van der Waals surface area contributed by atoms with Crippen LogP contribution in [0.5, 0.6) is 17.4 Å². The average molecular weight is 326 g/mol. The number of aromatic nitrogens is 1. The van der Waals surface area contributed by atoms with Crippen molar-refractivity contribution in [2.45, 2.75) is 20.0 Å². The molecule has 0 bridgehead atoms. The van der Waals surface area contributed by atoms with Gasteiger partial charge in [0.25, 0.3) is 0 Å². The Morgan fingerprint density at radius 3 is 2.37 bits per heavy atom. The lowest BCUT2D eigenvalue weighted by Crippen LogP contribution is -2.07. The quantitative estimate of drug-likeness (QED) is 0.857. The summed E-state index contributed by atoms with van der Waals surface area (Å²) < 4.78 is 17.1. The minimum absolute atomic E-state index is 0.0547. The molecule has 0 aliphatic carbocycles. The number of ether oxygens (including phenoxy) is 3. The standard InChI is InChI=1S/C14H16BrNO3/c1-8(2)19-12-7-11(18-4)9-5-6-10(17-3)13(15)14(9)16-12/h5-8H,1-4H3. The van der Waals surface area contributed by atoms with Gasteiger partial charge in [0.05, 0.1) is 30.3 Å².